The van der Waals surface area contributed by atoms with Crippen LogP contribution < -0.4 is 0 Å². The van der Waals surface area contributed by atoms with E-state index in [1.54, 1.807) is 6.20 Å². The van der Waals surface area contributed by atoms with E-state index >= 15 is 0 Å². The van der Waals surface area contributed by atoms with Gasteiger partial charge in [0.1, 0.15) is 0 Å². The van der Waals surface area contributed by atoms with E-state index in [2.05, 4.69) is 51.9 Å². The lowest BCUT2D eigenvalue weighted by Gasteiger charge is -2.32. The molecule has 0 fully saturated rings. The van der Waals surface area contributed by atoms with Crippen molar-refractivity contribution in [2.45, 2.75) is 91.2 Å². The first-order valence-corrected chi connectivity index (χ1v) is 8.81. The van der Waals surface area contributed by atoms with Gasteiger partial charge in [0.25, 0.3) is 0 Å². The number of nitrogens with zero attached hydrogens (tertiary/aromatic N) is 3. The number of aromatic nitrogens is 3. The molecule has 22 heavy (non-hydrogen) atoms. The molecule has 0 aliphatic heterocycles. The van der Waals surface area contributed by atoms with Crippen LogP contribution in [0.15, 0.2) is 12.4 Å². The Morgan fingerprint density at radius 2 is 1.86 bits per heavy atom. The van der Waals surface area contributed by atoms with Crippen LogP contribution in [0.4, 0.5) is 0 Å². The lowest BCUT2D eigenvalue weighted by atomic mass is 9.89. The Balaban J connectivity index is 2.42. The molecule has 1 unspecified atom stereocenters. The highest BCUT2D eigenvalue weighted by molar-refractivity contribution is 4.81. The second kappa shape index (κ2) is 8.66. The molecule has 4 heteroatoms. The number of rotatable bonds is 11. The van der Waals surface area contributed by atoms with E-state index in [0.29, 0.717) is 6.61 Å². The third-order valence-corrected chi connectivity index (χ3v) is 4.56. The summed E-state index contributed by atoms with van der Waals surface area (Å²) in [5.41, 5.74) is -0.252. The average Bonchev–Trinajstić information content (AvgIpc) is 3.01. The largest absolute Gasteiger partial charge is 0.373 e. The summed E-state index contributed by atoms with van der Waals surface area (Å²) in [7, 11) is 0. The summed E-state index contributed by atoms with van der Waals surface area (Å²) in [5, 5.41) is 7.99. The molecule has 0 spiro atoms. The zero-order chi connectivity index (χ0) is 16.6. The molecule has 0 amide bonds. The topological polar surface area (TPSA) is 39.9 Å². The van der Waals surface area contributed by atoms with E-state index in [4.69, 9.17) is 4.74 Å². The molecule has 4 nitrogen and oxygen atoms in total. The van der Waals surface area contributed by atoms with Crippen molar-refractivity contribution in [1.29, 1.82) is 0 Å². The quantitative estimate of drug-likeness (QED) is 0.589. The van der Waals surface area contributed by atoms with Crippen LogP contribution in [-0.4, -0.2) is 27.2 Å². The van der Waals surface area contributed by atoms with Gasteiger partial charge in [0.2, 0.25) is 0 Å². The molecular formula is C18H35N3O. The normalized spacial score (nSPS) is 14.3. The van der Waals surface area contributed by atoms with E-state index in [1.807, 2.05) is 10.9 Å². The number of unbranched alkanes of at least 4 members (excludes halogenated alkanes) is 1. The van der Waals surface area contributed by atoms with Crippen LogP contribution >= 0.6 is 0 Å². The molecule has 1 rings (SSSR count). The highest BCUT2D eigenvalue weighted by atomic mass is 16.5. The Kier molecular flexibility index (Phi) is 7.54. The fourth-order valence-electron chi connectivity index (χ4n) is 2.64. The maximum atomic E-state index is 6.23. The van der Waals surface area contributed by atoms with Crippen LogP contribution in [0, 0.1) is 5.92 Å². The van der Waals surface area contributed by atoms with Crippen molar-refractivity contribution in [1.82, 2.24) is 15.0 Å². The van der Waals surface area contributed by atoms with Crippen molar-refractivity contribution in [3.05, 3.63) is 12.4 Å². The molecule has 0 saturated carbocycles. The van der Waals surface area contributed by atoms with Gasteiger partial charge >= 0.3 is 0 Å². The first-order chi connectivity index (χ1) is 10.3. The van der Waals surface area contributed by atoms with Gasteiger partial charge in [-0.2, -0.15) is 0 Å². The highest BCUT2D eigenvalue weighted by Gasteiger charge is 2.27. The Labute approximate surface area is 136 Å². The van der Waals surface area contributed by atoms with E-state index in [-0.39, 0.29) is 11.1 Å². The van der Waals surface area contributed by atoms with Gasteiger partial charge in [-0.3, -0.25) is 0 Å². The predicted molar refractivity (Wildman–Crippen MR) is 91.9 cm³/mol. The van der Waals surface area contributed by atoms with Crippen LogP contribution in [-0.2, 0) is 10.3 Å². The molecule has 1 heterocycles. The van der Waals surface area contributed by atoms with Crippen LogP contribution in [0.3, 0.4) is 0 Å². The van der Waals surface area contributed by atoms with Gasteiger partial charge in [-0.1, -0.05) is 44.7 Å². The molecule has 0 saturated heterocycles. The third kappa shape index (κ3) is 6.47. The lowest BCUT2D eigenvalue weighted by Crippen LogP contribution is -2.37. The summed E-state index contributed by atoms with van der Waals surface area (Å²) in [6.07, 6.45) is 11.3. The molecule has 0 radical (unpaired) electrons. The molecule has 1 aromatic rings. The standard InChI is InChI=1S/C18H35N3O/c1-7-9-10-16(8-2)11-12-18(5,6)22-15-17(3,4)21-14-13-19-20-21/h13-14,16H,7-12,15H2,1-6H3. The van der Waals surface area contributed by atoms with Gasteiger partial charge < -0.3 is 4.74 Å². The molecule has 0 aliphatic carbocycles. The Bertz CT molecular complexity index is 398. The third-order valence-electron chi connectivity index (χ3n) is 4.56. The first-order valence-electron chi connectivity index (χ1n) is 8.81. The minimum Gasteiger partial charge on any atom is -0.373 e. The van der Waals surface area contributed by atoms with Crippen LogP contribution in [0.2, 0.25) is 0 Å². The zero-order valence-electron chi connectivity index (χ0n) is 15.4. The van der Waals surface area contributed by atoms with E-state index in [1.165, 1.54) is 32.1 Å². The minimum absolute atomic E-state index is 0.0858. The summed E-state index contributed by atoms with van der Waals surface area (Å²) in [6, 6.07) is 0. The van der Waals surface area contributed by atoms with Gasteiger partial charge in [-0.05, 0) is 46.5 Å². The molecular weight excluding hydrogens is 274 g/mol. The number of ether oxygens (including phenoxy) is 1. The maximum Gasteiger partial charge on any atom is 0.0822 e. The van der Waals surface area contributed by atoms with Crippen molar-refractivity contribution in [3.63, 3.8) is 0 Å². The van der Waals surface area contributed by atoms with Gasteiger partial charge in [-0.25, -0.2) is 4.68 Å². The maximum absolute atomic E-state index is 6.23. The van der Waals surface area contributed by atoms with Crippen LogP contribution in [0.25, 0.3) is 0 Å². The zero-order valence-corrected chi connectivity index (χ0v) is 15.4. The van der Waals surface area contributed by atoms with Crippen molar-refractivity contribution in [3.8, 4) is 0 Å². The SMILES string of the molecule is CCCCC(CC)CCC(C)(C)OCC(C)(C)n1ccnn1. The summed E-state index contributed by atoms with van der Waals surface area (Å²) in [5.74, 6) is 0.839. The highest BCUT2D eigenvalue weighted by Crippen LogP contribution is 2.27. The van der Waals surface area contributed by atoms with Gasteiger partial charge in [0, 0.05) is 6.20 Å². The van der Waals surface area contributed by atoms with Crippen molar-refractivity contribution < 1.29 is 4.74 Å². The number of hydrogen-bond donors (Lipinski definition) is 0. The van der Waals surface area contributed by atoms with Crippen LogP contribution in [0.1, 0.15) is 80.1 Å². The summed E-state index contributed by atoms with van der Waals surface area (Å²) in [6.45, 7) is 13.9. The number of hydrogen-bond acceptors (Lipinski definition) is 3. The van der Waals surface area contributed by atoms with E-state index < -0.39 is 0 Å². The Morgan fingerprint density at radius 3 is 2.41 bits per heavy atom. The molecule has 128 valence electrons. The fraction of sp³-hybridized carbons (Fsp3) is 0.889. The second-order valence-corrected chi connectivity index (χ2v) is 7.66. The summed E-state index contributed by atoms with van der Waals surface area (Å²) >= 11 is 0. The summed E-state index contributed by atoms with van der Waals surface area (Å²) < 4.78 is 8.10. The fourth-order valence-corrected chi connectivity index (χ4v) is 2.64. The van der Waals surface area contributed by atoms with Gasteiger partial charge in [0.05, 0.1) is 23.9 Å². The molecule has 1 aromatic heterocycles. The van der Waals surface area contributed by atoms with Crippen molar-refractivity contribution in [2.75, 3.05) is 6.61 Å². The van der Waals surface area contributed by atoms with Gasteiger partial charge in [0.15, 0.2) is 0 Å². The molecule has 0 bridgehead atoms. The smallest absolute Gasteiger partial charge is 0.0822 e. The predicted octanol–water partition coefficient (Wildman–Crippen LogP) is 4.81. The molecule has 0 aromatic carbocycles. The average molecular weight is 309 g/mol. The molecule has 1 atom stereocenters. The van der Waals surface area contributed by atoms with Gasteiger partial charge in [-0.15, -0.1) is 5.10 Å². The molecule has 0 N–H and O–H groups in total. The first kappa shape index (κ1) is 19.1. The van der Waals surface area contributed by atoms with Crippen molar-refractivity contribution >= 4 is 0 Å². The van der Waals surface area contributed by atoms with E-state index in [0.717, 1.165) is 12.3 Å². The van der Waals surface area contributed by atoms with Crippen LogP contribution in [0.5, 0.6) is 0 Å². The molecule has 0 aliphatic rings. The minimum atomic E-state index is -0.167. The Hall–Kier alpha value is -0.900. The second-order valence-electron chi connectivity index (χ2n) is 7.66. The van der Waals surface area contributed by atoms with Crippen molar-refractivity contribution in [2.24, 2.45) is 5.92 Å². The lowest BCUT2D eigenvalue weighted by molar-refractivity contribution is -0.0612. The van der Waals surface area contributed by atoms with E-state index in [9.17, 15) is 0 Å². The monoisotopic (exact) mass is 309 g/mol. The summed E-state index contributed by atoms with van der Waals surface area (Å²) in [4.78, 5) is 0. The Morgan fingerprint density at radius 1 is 1.14 bits per heavy atom.